The Morgan fingerprint density at radius 3 is 2.52 bits per heavy atom. The average Bonchev–Trinajstić information content (AvgIpc) is 3.24. The molecule has 1 aliphatic carbocycles. The van der Waals surface area contributed by atoms with Gasteiger partial charge in [-0.1, -0.05) is 0 Å². The highest BCUT2D eigenvalue weighted by molar-refractivity contribution is 5.96. The number of likely N-dealkylation sites (N-methyl/N-ethyl adjacent to an activating group) is 2. The second kappa shape index (κ2) is 11.7. The van der Waals surface area contributed by atoms with Crippen molar-refractivity contribution in [2.45, 2.75) is 51.1 Å². The van der Waals surface area contributed by atoms with Crippen LogP contribution >= 0.6 is 0 Å². The largest absolute Gasteiger partial charge is 0.494 e. The zero-order valence-corrected chi connectivity index (χ0v) is 26.2. The van der Waals surface area contributed by atoms with Crippen LogP contribution in [0, 0.1) is 6.92 Å². The molecule has 0 radical (unpaired) electrons. The Bertz CT molecular complexity index is 1560. The first kappa shape index (κ1) is 31.2. The van der Waals surface area contributed by atoms with Crippen LogP contribution in [0.5, 0.6) is 5.75 Å². The van der Waals surface area contributed by atoms with Crippen molar-refractivity contribution in [2.75, 3.05) is 68.7 Å². The number of nitrogen functional groups attached to an aromatic ring is 1. The molecule has 5 rings (SSSR count). The van der Waals surface area contributed by atoms with Crippen molar-refractivity contribution in [1.82, 2.24) is 19.9 Å². The van der Waals surface area contributed by atoms with Crippen molar-refractivity contribution < 1.29 is 23.0 Å². The predicted octanol–water partition coefficient (Wildman–Crippen LogP) is 4.90. The van der Waals surface area contributed by atoms with Gasteiger partial charge in [-0.25, -0.2) is 18.6 Å². The second-order valence-electron chi connectivity index (χ2n) is 12.2. The summed E-state index contributed by atoms with van der Waals surface area (Å²) in [5.74, 6) is -2.48. The number of carbonyl (C=O) groups excluding carboxylic acids is 1. The lowest BCUT2D eigenvalue weighted by Crippen LogP contribution is -2.52. The molecular weight excluding hydrogens is 570 g/mol. The van der Waals surface area contributed by atoms with Gasteiger partial charge in [-0.2, -0.15) is 4.98 Å². The van der Waals surface area contributed by atoms with Crippen molar-refractivity contribution in [3.63, 3.8) is 0 Å². The molecule has 0 saturated heterocycles. The summed E-state index contributed by atoms with van der Waals surface area (Å²) < 4.78 is 39.8. The maximum absolute atomic E-state index is 14.3. The molecule has 1 saturated carbocycles. The first-order chi connectivity index (χ1) is 20.7. The lowest BCUT2D eigenvalue weighted by Gasteiger charge is -2.44. The van der Waals surface area contributed by atoms with Gasteiger partial charge in [-0.15, -0.1) is 0 Å². The van der Waals surface area contributed by atoms with E-state index in [-0.39, 0.29) is 42.8 Å². The summed E-state index contributed by atoms with van der Waals surface area (Å²) in [5, 5.41) is 3.18. The van der Waals surface area contributed by atoms with Crippen molar-refractivity contribution in [3.8, 4) is 5.75 Å². The van der Waals surface area contributed by atoms with Gasteiger partial charge in [-0.3, -0.25) is 4.98 Å². The molecular formula is C31H40F2N8O3. The van der Waals surface area contributed by atoms with E-state index >= 15 is 0 Å². The summed E-state index contributed by atoms with van der Waals surface area (Å²) in [6, 6.07) is 7.24. The molecule has 0 amide bonds. The highest BCUT2D eigenvalue weighted by atomic mass is 19.3. The molecule has 2 aromatic heterocycles. The van der Waals surface area contributed by atoms with Crippen molar-refractivity contribution >= 4 is 40.5 Å². The fraction of sp³-hybridized carbons (Fsp3) is 0.484. The topological polar surface area (TPSA) is 122 Å². The number of esters is 1. The average molecular weight is 611 g/mol. The lowest BCUT2D eigenvalue weighted by molar-refractivity contribution is -0.122. The molecule has 11 nitrogen and oxygen atoms in total. The second-order valence-corrected chi connectivity index (χ2v) is 12.2. The lowest BCUT2D eigenvalue weighted by atomic mass is 9.65. The van der Waals surface area contributed by atoms with Crippen molar-refractivity contribution in [3.05, 3.63) is 47.4 Å². The molecule has 2 aliphatic rings. The van der Waals surface area contributed by atoms with E-state index in [0.717, 1.165) is 24.5 Å². The number of benzene rings is 1. The Morgan fingerprint density at radius 1 is 1.16 bits per heavy atom. The minimum atomic E-state index is -2.78. The number of hydrogen-bond donors (Lipinski definition) is 2. The quantitative estimate of drug-likeness (QED) is 0.241. The molecule has 3 N–H and O–H groups in total. The monoisotopic (exact) mass is 610 g/mol. The SMILES string of the molecule is COc1cc(N(C)CCN(C)C)c(N)cc1Nc1ncc(C(=O)OC(C)C)c(N2CC3(CC(F)(F)C3)c3nc(C)ccc32)n1. The maximum atomic E-state index is 14.3. The van der Waals surface area contributed by atoms with E-state index in [1.54, 1.807) is 31.9 Å². The first-order valence-electron chi connectivity index (χ1n) is 14.5. The van der Waals surface area contributed by atoms with Crippen LogP contribution in [0.2, 0.25) is 0 Å². The van der Waals surface area contributed by atoms with Gasteiger partial charge in [0.15, 0.2) is 5.82 Å². The Kier molecular flexibility index (Phi) is 8.27. The Labute approximate surface area is 256 Å². The smallest absolute Gasteiger partial charge is 0.343 e. The molecule has 1 spiro atoms. The fourth-order valence-corrected chi connectivity index (χ4v) is 5.86. The van der Waals surface area contributed by atoms with Crippen LogP contribution in [0.15, 0.2) is 30.5 Å². The standard InChI is InChI=1S/C31H40F2N8O3/c1-18(2)44-28(42)20-14-35-29(37-22-12-21(34)24(13-25(22)43-7)40(6)11-10-39(4)5)38-27(20)41-17-30(15-31(32,33)16-30)26-23(41)9-8-19(3)36-26/h8-9,12-14,18H,10-11,15-17,34H2,1-7H3,(H,35,37,38). The Balaban J connectivity index is 1.54. The number of aromatic nitrogens is 3. The van der Waals surface area contributed by atoms with Gasteiger partial charge >= 0.3 is 5.97 Å². The van der Waals surface area contributed by atoms with Gasteiger partial charge in [0.05, 0.1) is 41.7 Å². The van der Waals surface area contributed by atoms with E-state index in [4.69, 9.17) is 20.2 Å². The van der Waals surface area contributed by atoms with Crippen LogP contribution in [0.25, 0.3) is 0 Å². The number of anilines is 6. The number of fused-ring (bicyclic) bond motifs is 2. The van der Waals surface area contributed by atoms with Crippen molar-refractivity contribution in [2.24, 2.45) is 0 Å². The molecule has 0 unspecified atom stereocenters. The van der Waals surface area contributed by atoms with E-state index in [1.807, 2.05) is 51.2 Å². The summed E-state index contributed by atoms with van der Waals surface area (Å²) in [6.45, 7) is 7.11. The number of nitrogens with two attached hydrogens (primary N) is 1. The van der Waals surface area contributed by atoms with E-state index in [0.29, 0.717) is 28.5 Å². The number of carbonyl (C=O) groups is 1. The molecule has 13 heteroatoms. The number of methoxy groups -OCH3 is 1. The van der Waals surface area contributed by atoms with Crippen LogP contribution < -0.4 is 25.6 Å². The number of ether oxygens (including phenoxy) is 2. The van der Waals surface area contributed by atoms with Gasteiger partial charge in [0.2, 0.25) is 11.9 Å². The van der Waals surface area contributed by atoms with Crippen LogP contribution in [0.3, 0.4) is 0 Å². The number of nitrogens with zero attached hydrogens (tertiary/aromatic N) is 6. The molecule has 0 bridgehead atoms. The molecule has 1 aromatic carbocycles. The maximum Gasteiger partial charge on any atom is 0.343 e. The van der Waals surface area contributed by atoms with E-state index in [9.17, 15) is 13.6 Å². The van der Waals surface area contributed by atoms with E-state index < -0.39 is 17.3 Å². The van der Waals surface area contributed by atoms with Crippen LogP contribution in [0.1, 0.15) is 48.4 Å². The van der Waals surface area contributed by atoms with Crippen LogP contribution in [-0.4, -0.2) is 85.7 Å². The number of alkyl halides is 2. The minimum absolute atomic E-state index is 0.114. The highest BCUT2D eigenvalue weighted by Crippen LogP contribution is 2.59. The molecule has 0 atom stereocenters. The Hall–Kier alpha value is -4.26. The van der Waals surface area contributed by atoms with Gasteiger partial charge in [-0.05, 0) is 53.1 Å². The summed E-state index contributed by atoms with van der Waals surface area (Å²) in [4.78, 5) is 33.0. The third-order valence-electron chi connectivity index (χ3n) is 7.94. The number of rotatable bonds is 10. The van der Waals surface area contributed by atoms with Gasteiger partial charge in [0, 0.05) is 62.9 Å². The zero-order valence-electron chi connectivity index (χ0n) is 26.2. The number of pyridine rings is 1. The molecule has 1 fully saturated rings. The predicted molar refractivity (Wildman–Crippen MR) is 167 cm³/mol. The number of aryl methyl sites for hydroxylation is 1. The molecule has 44 heavy (non-hydrogen) atoms. The van der Waals surface area contributed by atoms with Gasteiger partial charge < -0.3 is 35.2 Å². The van der Waals surface area contributed by atoms with Crippen LogP contribution in [-0.2, 0) is 10.2 Å². The fourth-order valence-electron chi connectivity index (χ4n) is 5.86. The molecule has 1 aliphatic heterocycles. The normalized spacial score (nSPS) is 16.2. The number of hydrogen-bond acceptors (Lipinski definition) is 11. The molecule has 236 valence electrons. The zero-order chi connectivity index (χ0) is 32.0. The van der Waals surface area contributed by atoms with Crippen molar-refractivity contribution in [1.29, 1.82) is 0 Å². The third-order valence-corrected chi connectivity index (χ3v) is 7.94. The molecule has 3 heterocycles. The summed E-state index contributed by atoms with van der Waals surface area (Å²) in [5.41, 5.74) is 9.51. The van der Waals surface area contributed by atoms with Crippen LogP contribution in [0.4, 0.5) is 43.3 Å². The number of nitrogens with one attached hydrogen (secondary N) is 1. The minimum Gasteiger partial charge on any atom is -0.494 e. The first-order valence-corrected chi connectivity index (χ1v) is 14.5. The third kappa shape index (κ3) is 6.05. The van der Waals surface area contributed by atoms with E-state index in [1.165, 1.54) is 6.20 Å². The Morgan fingerprint density at radius 2 is 1.89 bits per heavy atom. The summed E-state index contributed by atoms with van der Waals surface area (Å²) >= 11 is 0. The van der Waals surface area contributed by atoms with Gasteiger partial charge in [0.25, 0.3) is 0 Å². The molecule has 3 aromatic rings. The summed E-state index contributed by atoms with van der Waals surface area (Å²) in [7, 11) is 7.53. The summed E-state index contributed by atoms with van der Waals surface area (Å²) in [6.07, 6.45) is 0.346. The highest BCUT2D eigenvalue weighted by Gasteiger charge is 2.62. The number of halogens is 2. The van der Waals surface area contributed by atoms with Gasteiger partial charge in [0.1, 0.15) is 11.3 Å². The van der Waals surface area contributed by atoms with E-state index in [2.05, 4.69) is 20.2 Å².